The Labute approximate surface area is 114 Å². The molecular weight excluding hydrogens is 276 g/mol. The Morgan fingerprint density at radius 3 is 2.42 bits per heavy atom. The molecule has 1 N–H and O–H groups in total. The van der Waals surface area contributed by atoms with Crippen molar-refractivity contribution in [1.82, 2.24) is 0 Å². The molecule has 0 heterocycles. The maximum Gasteiger partial charge on any atom is 0.346 e. The molecule has 1 aromatic rings. The maximum absolute atomic E-state index is 11.3. The minimum atomic E-state index is -1.15. The van der Waals surface area contributed by atoms with Crippen LogP contribution in [0.2, 0.25) is 5.02 Å². The van der Waals surface area contributed by atoms with Crippen molar-refractivity contribution in [2.75, 3.05) is 14.2 Å². The lowest BCUT2D eigenvalue weighted by molar-refractivity contribution is -0.147. The molecule has 1 rings (SSSR count). The molecule has 0 fully saturated rings. The summed E-state index contributed by atoms with van der Waals surface area (Å²) in [4.78, 5) is 22.2. The minimum absolute atomic E-state index is 0.0347. The summed E-state index contributed by atoms with van der Waals surface area (Å²) in [6, 6.07) is 2.47. The number of ether oxygens (including phenoxy) is 3. The van der Waals surface area contributed by atoms with E-state index in [1.807, 2.05) is 0 Å². The first-order chi connectivity index (χ1) is 8.90. The zero-order valence-electron chi connectivity index (χ0n) is 10.6. The van der Waals surface area contributed by atoms with Crippen molar-refractivity contribution in [3.63, 3.8) is 0 Å². The summed E-state index contributed by atoms with van der Waals surface area (Å²) < 4.78 is 14.9. The second-order valence-electron chi connectivity index (χ2n) is 3.58. The van der Waals surface area contributed by atoms with Crippen LogP contribution in [0.15, 0.2) is 12.1 Å². The molecule has 0 saturated heterocycles. The lowest BCUT2D eigenvalue weighted by Crippen LogP contribution is -2.25. The standard InChI is InChI=1S/C12H13ClO6/c1-6(12(16)18-3)19-10-8(13)4-7(11(14)15)5-9(10)17-2/h4-6H,1-3H3,(H,14,15). The van der Waals surface area contributed by atoms with E-state index in [2.05, 4.69) is 4.74 Å². The van der Waals surface area contributed by atoms with Gasteiger partial charge in [-0.1, -0.05) is 11.6 Å². The van der Waals surface area contributed by atoms with Gasteiger partial charge in [0.2, 0.25) is 0 Å². The highest BCUT2D eigenvalue weighted by Gasteiger charge is 2.21. The van der Waals surface area contributed by atoms with E-state index >= 15 is 0 Å². The summed E-state index contributed by atoms with van der Waals surface area (Å²) in [5.41, 5.74) is -0.0417. The van der Waals surface area contributed by atoms with Crippen LogP contribution in [0.4, 0.5) is 0 Å². The van der Waals surface area contributed by atoms with Crippen LogP contribution < -0.4 is 9.47 Å². The van der Waals surface area contributed by atoms with Crippen LogP contribution >= 0.6 is 11.6 Å². The van der Waals surface area contributed by atoms with E-state index in [-0.39, 0.29) is 22.1 Å². The van der Waals surface area contributed by atoms with Gasteiger partial charge >= 0.3 is 11.9 Å². The van der Waals surface area contributed by atoms with Gasteiger partial charge in [-0.15, -0.1) is 0 Å². The molecule has 0 spiro atoms. The van der Waals surface area contributed by atoms with Gasteiger partial charge < -0.3 is 19.3 Å². The molecule has 1 aromatic carbocycles. The zero-order chi connectivity index (χ0) is 14.6. The molecule has 19 heavy (non-hydrogen) atoms. The molecule has 0 bridgehead atoms. The number of carbonyl (C=O) groups excluding carboxylic acids is 1. The van der Waals surface area contributed by atoms with E-state index in [9.17, 15) is 9.59 Å². The van der Waals surface area contributed by atoms with Gasteiger partial charge in [0, 0.05) is 0 Å². The average Bonchev–Trinajstić information content (AvgIpc) is 2.39. The number of esters is 1. The number of halogens is 1. The number of hydrogen-bond donors (Lipinski definition) is 1. The highest BCUT2D eigenvalue weighted by molar-refractivity contribution is 6.32. The van der Waals surface area contributed by atoms with Crippen LogP contribution in [-0.2, 0) is 9.53 Å². The Bertz CT molecular complexity index is 499. The van der Waals surface area contributed by atoms with Crippen LogP contribution in [0.5, 0.6) is 11.5 Å². The second kappa shape index (κ2) is 6.29. The van der Waals surface area contributed by atoms with Gasteiger partial charge in [0.1, 0.15) is 0 Å². The molecule has 1 unspecified atom stereocenters. The summed E-state index contributed by atoms with van der Waals surface area (Å²) in [7, 11) is 2.57. The number of aromatic carboxylic acids is 1. The fraction of sp³-hybridized carbons (Fsp3) is 0.333. The van der Waals surface area contributed by atoms with Crippen LogP contribution in [-0.4, -0.2) is 37.4 Å². The Hall–Kier alpha value is -1.95. The summed E-state index contributed by atoms with van der Waals surface area (Å²) in [5, 5.41) is 8.93. The molecule has 0 saturated carbocycles. The van der Waals surface area contributed by atoms with Gasteiger partial charge in [-0.2, -0.15) is 0 Å². The molecule has 0 radical (unpaired) electrons. The average molecular weight is 289 g/mol. The van der Waals surface area contributed by atoms with Gasteiger partial charge in [-0.3, -0.25) is 0 Å². The van der Waals surface area contributed by atoms with Gasteiger partial charge in [0.05, 0.1) is 24.8 Å². The van der Waals surface area contributed by atoms with Crippen molar-refractivity contribution < 1.29 is 28.9 Å². The fourth-order valence-corrected chi connectivity index (χ4v) is 1.60. The summed E-state index contributed by atoms with van der Waals surface area (Å²) in [5.74, 6) is -1.51. The zero-order valence-corrected chi connectivity index (χ0v) is 11.4. The summed E-state index contributed by atoms with van der Waals surface area (Å²) >= 11 is 5.93. The van der Waals surface area contributed by atoms with Crippen LogP contribution in [0, 0.1) is 0 Å². The molecule has 0 aliphatic carbocycles. The largest absolute Gasteiger partial charge is 0.493 e. The Kier molecular flexibility index (Phi) is 5.00. The number of rotatable bonds is 5. The highest BCUT2D eigenvalue weighted by Crippen LogP contribution is 2.37. The number of carboxylic acids is 1. The third-order valence-corrected chi connectivity index (χ3v) is 2.58. The van der Waals surface area contributed by atoms with Crippen molar-refractivity contribution in [3.8, 4) is 11.5 Å². The fourth-order valence-electron chi connectivity index (χ4n) is 1.35. The van der Waals surface area contributed by atoms with E-state index < -0.39 is 18.0 Å². The molecule has 0 aliphatic rings. The van der Waals surface area contributed by atoms with E-state index in [1.54, 1.807) is 0 Å². The second-order valence-corrected chi connectivity index (χ2v) is 3.99. The molecule has 1 atom stereocenters. The summed E-state index contributed by atoms with van der Waals surface area (Å²) in [6.45, 7) is 1.48. The first kappa shape index (κ1) is 15.1. The Balaban J connectivity index is 3.13. The van der Waals surface area contributed by atoms with E-state index in [4.69, 9.17) is 26.2 Å². The lowest BCUT2D eigenvalue weighted by Gasteiger charge is -2.16. The van der Waals surface area contributed by atoms with Crippen LogP contribution in [0.25, 0.3) is 0 Å². The van der Waals surface area contributed by atoms with E-state index in [1.165, 1.54) is 33.3 Å². The third-order valence-electron chi connectivity index (χ3n) is 2.30. The number of methoxy groups -OCH3 is 2. The molecule has 7 heteroatoms. The number of hydrogen-bond acceptors (Lipinski definition) is 5. The molecular formula is C12H13ClO6. The van der Waals surface area contributed by atoms with Gasteiger partial charge in [0.25, 0.3) is 0 Å². The number of carbonyl (C=O) groups is 2. The normalized spacial score (nSPS) is 11.6. The summed E-state index contributed by atoms with van der Waals surface area (Å²) in [6.07, 6.45) is -0.896. The first-order valence-electron chi connectivity index (χ1n) is 5.26. The SMILES string of the molecule is COC(=O)C(C)Oc1c(Cl)cc(C(=O)O)cc1OC. The predicted molar refractivity (Wildman–Crippen MR) is 67.1 cm³/mol. The van der Waals surface area contributed by atoms with E-state index in [0.717, 1.165) is 0 Å². The van der Waals surface area contributed by atoms with Crippen molar-refractivity contribution in [1.29, 1.82) is 0 Å². The van der Waals surface area contributed by atoms with Gasteiger partial charge in [0.15, 0.2) is 17.6 Å². The maximum atomic E-state index is 11.3. The third kappa shape index (κ3) is 3.51. The van der Waals surface area contributed by atoms with Crippen molar-refractivity contribution >= 4 is 23.5 Å². The predicted octanol–water partition coefficient (Wildman–Crippen LogP) is 1.99. The quantitative estimate of drug-likeness (QED) is 0.834. The lowest BCUT2D eigenvalue weighted by atomic mass is 10.2. The molecule has 0 aliphatic heterocycles. The number of benzene rings is 1. The minimum Gasteiger partial charge on any atom is -0.493 e. The van der Waals surface area contributed by atoms with Gasteiger partial charge in [-0.25, -0.2) is 9.59 Å². The van der Waals surface area contributed by atoms with Gasteiger partial charge in [-0.05, 0) is 19.1 Å². The molecule has 0 aromatic heterocycles. The monoisotopic (exact) mass is 288 g/mol. The van der Waals surface area contributed by atoms with Crippen molar-refractivity contribution in [2.45, 2.75) is 13.0 Å². The number of carboxylic acid groups (broad SMARTS) is 1. The van der Waals surface area contributed by atoms with E-state index in [0.29, 0.717) is 0 Å². The molecule has 0 amide bonds. The topological polar surface area (TPSA) is 82.1 Å². The smallest absolute Gasteiger partial charge is 0.346 e. The van der Waals surface area contributed by atoms with Crippen LogP contribution in [0.1, 0.15) is 17.3 Å². The Morgan fingerprint density at radius 2 is 1.95 bits per heavy atom. The highest BCUT2D eigenvalue weighted by atomic mass is 35.5. The first-order valence-corrected chi connectivity index (χ1v) is 5.63. The van der Waals surface area contributed by atoms with Crippen molar-refractivity contribution in [3.05, 3.63) is 22.7 Å². The molecule has 104 valence electrons. The van der Waals surface area contributed by atoms with Crippen LogP contribution in [0.3, 0.4) is 0 Å². The molecule has 6 nitrogen and oxygen atoms in total. The Morgan fingerprint density at radius 1 is 1.32 bits per heavy atom. The van der Waals surface area contributed by atoms with Crippen molar-refractivity contribution in [2.24, 2.45) is 0 Å².